The molecule has 0 aromatic heterocycles. The lowest BCUT2D eigenvalue weighted by atomic mass is 10.0. The van der Waals surface area contributed by atoms with E-state index in [1.165, 1.54) is 6.42 Å². The lowest BCUT2D eigenvalue weighted by molar-refractivity contribution is -0.131. The van der Waals surface area contributed by atoms with Gasteiger partial charge in [-0.15, -0.1) is 0 Å². The Morgan fingerprint density at radius 1 is 1.56 bits per heavy atom. The van der Waals surface area contributed by atoms with Crippen LogP contribution < -0.4 is 5.32 Å². The van der Waals surface area contributed by atoms with Crippen LogP contribution in [-0.4, -0.2) is 51.2 Å². The third-order valence-electron chi connectivity index (χ3n) is 3.03. The Morgan fingerprint density at radius 2 is 2.38 bits per heavy atom. The van der Waals surface area contributed by atoms with Crippen LogP contribution in [-0.2, 0) is 9.53 Å². The second-order valence-electron chi connectivity index (χ2n) is 4.56. The van der Waals surface area contributed by atoms with Gasteiger partial charge in [0.15, 0.2) is 0 Å². The number of amides is 1. The van der Waals surface area contributed by atoms with Gasteiger partial charge in [0.1, 0.15) is 0 Å². The molecule has 1 N–H and O–H groups in total. The molecule has 1 fully saturated rings. The highest BCUT2D eigenvalue weighted by Gasteiger charge is 2.18. The molecule has 1 aliphatic heterocycles. The van der Waals surface area contributed by atoms with Crippen molar-refractivity contribution in [2.24, 2.45) is 5.92 Å². The SMILES string of the molecule is CNCCCC(=O)N(C)CC1CCCOC1. The first-order chi connectivity index (χ1) is 7.74. The molecule has 4 heteroatoms. The monoisotopic (exact) mass is 228 g/mol. The van der Waals surface area contributed by atoms with Crippen LogP contribution in [0, 0.1) is 5.92 Å². The minimum Gasteiger partial charge on any atom is -0.381 e. The van der Waals surface area contributed by atoms with E-state index in [4.69, 9.17) is 4.74 Å². The van der Waals surface area contributed by atoms with Crippen molar-refractivity contribution in [3.8, 4) is 0 Å². The largest absolute Gasteiger partial charge is 0.381 e. The van der Waals surface area contributed by atoms with Crippen LogP contribution in [0.15, 0.2) is 0 Å². The van der Waals surface area contributed by atoms with Gasteiger partial charge in [-0.3, -0.25) is 4.79 Å². The number of hydrogen-bond acceptors (Lipinski definition) is 3. The molecule has 1 saturated heterocycles. The van der Waals surface area contributed by atoms with Crippen LogP contribution in [0.4, 0.5) is 0 Å². The van der Waals surface area contributed by atoms with Crippen LogP contribution in [0.25, 0.3) is 0 Å². The van der Waals surface area contributed by atoms with E-state index in [1.807, 2.05) is 19.0 Å². The van der Waals surface area contributed by atoms with Gasteiger partial charge in [0.2, 0.25) is 5.91 Å². The molecule has 0 aromatic carbocycles. The average Bonchev–Trinajstić information content (AvgIpc) is 2.30. The Morgan fingerprint density at radius 3 is 3.00 bits per heavy atom. The van der Waals surface area contributed by atoms with Gasteiger partial charge in [-0.1, -0.05) is 0 Å². The fraction of sp³-hybridized carbons (Fsp3) is 0.917. The van der Waals surface area contributed by atoms with E-state index in [2.05, 4.69) is 5.32 Å². The number of nitrogens with one attached hydrogen (secondary N) is 1. The van der Waals surface area contributed by atoms with E-state index in [-0.39, 0.29) is 5.91 Å². The fourth-order valence-corrected chi connectivity index (χ4v) is 2.05. The molecule has 1 unspecified atom stereocenters. The van der Waals surface area contributed by atoms with Crippen LogP contribution in [0.5, 0.6) is 0 Å². The highest BCUT2D eigenvalue weighted by molar-refractivity contribution is 5.75. The Hall–Kier alpha value is -0.610. The van der Waals surface area contributed by atoms with Gasteiger partial charge in [-0.05, 0) is 38.8 Å². The zero-order valence-electron chi connectivity index (χ0n) is 10.5. The number of carbonyl (C=O) groups is 1. The van der Waals surface area contributed by atoms with Gasteiger partial charge in [-0.25, -0.2) is 0 Å². The van der Waals surface area contributed by atoms with E-state index < -0.39 is 0 Å². The Kier molecular flexibility index (Phi) is 6.42. The van der Waals surface area contributed by atoms with E-state index >= 15 is 0 Å². The maximum absolute atomic E-state index is 11.7. The van der Waals surface area contributed by atoms with Crippen molar-refractivity contribution >= 4 is 5.91 Å². The van der Waals surface area contributed by atoms with Gasteiger partial charge in [0.05, 0.1) is 6.61 Å². The number of hydrogen-bond donors (Lipinski definition) is 1. The van der Waals surface area contributed by atoms with E-state index in [0.717, 1.165) is 39.1 Å². The van der Waals surface area contributed by atoms with Crippen molar-refractivity contribution < 1.29 is 9.53 Å². The molecule has 0 aromatic rings. The van der Waals surface area contributed by atoms with Crippen molar-refractivity contribution in [1.29, 1.82) is 0 Å². The van der Waals surface area contributed by atoms with Gasteiger partial charge in [0.25, 0.3) is 0 Å². The first-order valence-corrected chi connectivity index (χ1v) is 6.20. The molecule has 0 aliphatic carbocycles. The Labute approximate surface area is 98.3 Å². The first kappa shape index (κ1) is 13.5. The molecule has 1 aliphatic rings. The topological polar surface area (TPSA) is 41.6 Å². The summed E-state index contributed by atoms with van der Waals surface area (Å²) in [6.07, 6.45) is 3.88. The summed E-state index contributed by atoms with van der Waals surface area (Å²) < 4.78 is 5.41. The lowest BCUT2D eigenvalue weighted by Gasteiger charge is -2.27. The summed E-state index contributed by atoms with van der Waals surface area (Å²) in [5.41, 5.74) is 0. The molecule has 1 atom stereocenters. The number of ether oxygens (including phenoxy) is 1. The maximum Gasteiger partial charge on any atom is 0.222 e. The Bertz CT molecular complexity index is 203. The fourth-order valence-electron chi connectivity index (χ4n) is 2.05. The van der Waals surface area contributed by atoms with Gasteiger partial charge in [0, 0.05) is 26.6 Å². The smallest absolute Gasteiger partial charge is 0.222 e. The van der Waals surface area contributed by atoms with Crippen LogP contribution in [0.2, 0.25) is 0 Å². The quantitative estimate of drug-likeness (QED) is 0.686. The van der Waals surface area contributed by atoms with Crippen molar-refractivity contribution in [1.82, 2.24) is 10.2 Å². The highest BCUT2D eigenvalue weighted by atomic mass is 16.5. The van der Waals surface area contributed by atoms with Crippen molar-refractivity contribution in [2.45, 2.75) is 25.7 Å². The number of nitrogens with zero attached hydrogens (tertiary/aromatic N) is 1. The predicted molar refractivity (Wildman–Crippen MR) is 64.3 cm³/mol. The van der Waals surface area contributed by atoms with E-state index in [9.17, 15) is 4.79 Å². The van der Waals surface area contributed by atoms with Crippen molar-refractivity contribution in [2.75, 3.05) is 40.4 Å². The summed E-state index contributed by atoms with van der Waals surface area (Å²) in [7, 11) is 3.81. The average molecular weight is 228 g/mol. The van der Waals surface area contributed by atoms with Crippen molar-refractivity contribution in [3.63, 3.8) is 0 Å². The standard InChI is InChI=1S/C12H24N2O2/c1-13-7-3-6-12(15)14(2)9-11-5-4-8-16-10-11/h11,13H,3-10H2,1-2H3. The molecule has 0 saturated carbocycles. The molecular weight excluding hydrogens is 204 g/mol. The molecule has 4 nitrogen and oxygen atoms in total. The zero-order chi connectivity index (χ0) is 11.8. The summed E-state index contributed by atoms with van der Waals surface area (Å²) in [4.78, 5) is 13.6. The van der Waals surface area contributed by atoms with Gasteiger partial charge >= 0.3 is 0 Å². The van der Waals surface area contributed by atoms with Gasteiger partial charge in [-0.2, -0.15) is 0 Å². The molecule has 1 rings (SSSR count). The second kappa shape index (κ2) is 7.63. The summed E-state index contributed by atoms with van der Waals surface area (Å²) in [5.74, 6) is 0.785. The Balaban J connectivity index is 2.16. The van der Waals surface area contributed by atoms with E-state index in [0.29, 0.717) is 12.3 Å². The van der Waals surface area contributed by atoms with Crippen LogP contribution in [0.1, 0.15) is 25.7 Å². The summed E-state index contributed by atoms with van der Waals surface area (Å²) in [6, 6.07) is 0. The second-order valence-corrected chi connectivity index (χ2v) is 4.56. The zero-order valence-corrected chi connectivity index (χ0v) is 10.5. The van der Waals surface area contributed by atoms with Crippen molar-refractivity contribution in [3.05, 3.63) is 0 Å². The summed E-state index contributed by atoms with van der Waals surface area (Å²) in [6.45, 7) is 3.45. The third-order valence-corrected chi connectivity index (χ3v) is 3.03. The molecule has 0 radical (unpaired) electrons. The van der Waals surface area contributed by atoms with E-state index in [1.54, 1.807) is 0 Å². The maximum atomic E-state index is 11.7. The molecule has 16 heavy (non-hydrogen) atoms. The third kappa shape index (κ3) is 4.94. The highest BCUT2D eigenvalue weighted by Crippen LogP contribution is 2.14. The molecule has 1 amide bonds. The normalized spacial score (nSPS) is 20.8. The minimum atomic E-state index is 0.251. The number of carbonyl (C=O) groups excluding carboxylic acids is 1. The van der Waals surface area contributed by atoms with Gasteiger partial charge < -0.3 is 15.0 Å². The molecule has 1 heterocycles. The summed E-state index contributed by atoms with van der Waals surface area (Å²) >= 11 is 0. The minimum absolute atomic E-state index is 0.251. The molecule has 94 valence electrons. The lowest BCUT2D eigenvalue weighted by Crippen LogP contribution is -2.35. The molecule has 0 spiro atoms. The summed E-state index contributed by atoms with van der Waals surface area (Å²) in [5, 5.41) is 3.05. The molecular formula is C12H24N2O2. The number of rotatable bonds is 6. The molecule has 0 bridgehead atoms. The first-order valence-electron chi connectivity index (χ1n) is 6.20. The van der Waals surface area contributed by atoms with Crippen LogP contribution in [0.3, 0.4) is 0 Å². The predicted octanol–water partition coefficient (Wildman–Crippen LogP) is 0.871. The van der Waals surface area contributed by atoms with Crippen LogP contribution >= 0.6 is 0 Å².